The monoisotopic (exact) mass is 238 g/mol. The zero-order valence-corrected chi connectivity index (χ0v) is 10.8. The first-order valence-corrected chi connectivity index (χ1v) is 5.53. The summed E-state index contributed by atoms with van der Waals surface area (Å²) in [4.78, 5) is 0. The van der Waals surface area contributed by atoms with Crippen LogP contribution in [0.25, 0.3) is 0 Å². The van der Waals surface area contributed by atoms with Crippen molar-refractivity contribution in [3.63, 3.8) is 0 Å². The highest BCUT2D eigenvalue weighted by atomic mass is 16.7. The van der Waals surface area contributed by atoms with E-state index in [9.17, 15) is 0 Å². The molecule has 92 valence electrons. The van der Waals surface area contributed by atoms with Crippen molar-refractivity contribution in [2.24, 2.45) is 0 Å². The first-order valence-electron chi connectivity index (χ1n) is 7.53. The molecule has 0 aromatic heterocycles. The predicted molar refractivity (Wildman–Crippen MR) is 68.7 cm³/mol. The van der Waals surface area contributed by atoms with Gasteiger partial charge in [0.15, 0.2) is 0 Å². The summed E-state index contributed by atoms with van der Waals surface area (Å²) in [5.74, 6) is -0.0785. The molecular formula is C13H19BO3. The third kappa shape index (κ3) is 2.19. The van der Waals surface area contributed by atoms with Crippen LogP contribution in [-0.4, -0.2) is 25.4 Å². The normalized spacial score (nSPS) is 24.9. The summed E-state index contributed by atoms with van der Waals surface area (Å²) in [5.41, 5.74) is -1.12. The molecule has 1 aromatic rings. The maximum Gasteiger partial charge on any atom is 0.494 e. The minimum atomic E-state index is -0.936. The Labute approximate surface area is 109 Å². The van der Waals surface area contributed by atoms with Crippen LogP contribution in [0, 0.1) is 0 Å². The first-order chi connectivity index (χ1) is 9.53. The number of benzene rings is 1. The summed E-state index contributed by atoms with van der Waals surface area (Å²) in [6, 6.07) is -0.871. The molecule has 0 atom stereocenters. The summed E-state index contributed by atoms with van der Waals surface area (Å²) in [6.07, 6.45) is 0. The third-order valence-electron chi connectivity index (χ3n) is 3.31. The van der Waals surface area contributed by atoms with Gasteiger partial charge in [0.05, 0.1) is 23.8 Å². The van der Waals surface area contributed by atoms with Crippen LogP contribution in [-0.2, 0) is 9.31 Å². The van der Waals surface area contributed by atoms with E-state index in [1.807, 2.05) is 27.7 Å². The van der Waals surface area contributed by atoms with Gasteiger partial charge in [0, 0.05) is 0 Å². The van der Waals surface area contributed by atoms with Crippen LogP contribution in [0.4, 0.5) is 0 Å². The molecule has 3 nitrogen and oxygen atoms in total. The predicted octanol–water partition coefficient (Wildman–Crippen LogP) is 1.99. The van der Waals surface area contributed by atoms with Gasteiger partial charge in [-0.2, -0.15) is 0 Å². The van der Waals surface area contributed by atoms with Gasteiger partial charge in [-0.25, -0.2) is 0 Å². The average molecular weight is 238 g/mol. The van der Waals surface area contributed by atoms with E-state index in [4.69, 9.17) is 19.5 Å². The molecule has 0 amide bonds. The van der Waals surface area contributed by atoms with Crippen molar-refractivity contribution < 1.29 is 19.5 Å². The van der Waals surface area contributed by atoms with Crippen molar-refractivity contribution in [3.05, 3.63) is 24.2 Å². The van der Waals surface area contributed by atoms with Gasteiger partial charge in [0.25, 0.3) is 0 Å². The molecule has 0 radical (unpaired) electrons. The Morgan fingerprint density at radius 3 is 1.94 bits per heavy atom. The second-order valence-corrected chi connectivity index (χ2v) is 5.04. The van der Waals surface area contributed by atoms with Crippen molar-refractivity contribution in [1.29, 1.82) is 0 Å². The smallest absolute Gasteiger partial charge is 0.494 e. The Morgan fingerprint density at radius 2 is 1.53 bits per heavy atom. The Kier molecular flexibility index (Phi) is 1.94. The van der Waals surface area contributed by atoms with E-state index in [-0.39, 0.29) is 35.4 Å². The minimum absolute atomic E-state index is 0.0785. The SMILES string of the molecule is [2H]c1c([2H])c(B2OC(C)(C)C(C)(C)O2)c([2H])c([2H])c1OC. The Hall–Kier alpha value is -0.995. The van der Waals surface area contributed by atoms with Gasteiger partial charge in [-0.05, 0) is 45.2 Å². The average Bonchev–Trinajstić information content (AvgIpc) is 2.57. The summed E-state index contributed by atoms with van der Waals surface area (Å²) < 4.78 is 48.5. The van der Waals surface area contributed by atoms with Crippen molar-refractivity contribution in [3.8, 4) is 5.75 Å². The highest BCUT2D eigenvalue weighted by molar-refractivity contribution is 6.62. The lowest BCUT2D eigenvalue weighted by atomic mass is 9.79. The van der Waals surface area contributed by atoms with Crippen LogP contribution < -0.4 is 10.2 Å². The van der Waals surface area contributed by atoms with Crippen LogP contribution in [0.1, 0.15) is 33.2 Å². The van der Waals surface area contributed by atoms with E-state index in [0.29, 0.717) is 0 Å². The lowest BCUT2D eigenvalue weighted by molar-refractivity contribution is 0.00578. The molecule has 0 spiro atoms. The van der Waals surface area contributed by atoms with E-state index >= 15 is 0 Å². The Morgan fingerprint density at radius 1 is 1.06 bits per heavy atom. The van der Waals surface area contributed by atoms with Gasteiger partial charge in [0.2, 0.25) is 0 Å². The van der Waals surface area contributed by atoms with Gasteiger partial charge < -0.3 is 14.0 Å². The molecule has 1 aromatic carbocycles. The number of methoxy groups -OCH3 is 1. The van der Waals surface area contributed by atoms with Crippen LogP contribution in [0.3, 0.4) is 0 Å². The lowest BCUT2D eigenvalue weighted by Crippen LogP contribution is -2.41. The number of rotatable bonds is 2. The molecule has 17 heavy (non-hydrogen) atoms. The van der Waals surface area contributed by atoms with Crippen LogP contribution in [0.2, 0.25) is 0 Å². The Bertz CT molecular complexity index is 544. The maximum absolute atomic E-state index is 8.07. The van der Waals surface area contributed by atoms with Gasteiger partial charge in [-0.15, -0.1) is 0 Å². The van der Waals surface area contributed by atoms with Crippen molar-refractivity contribution >= 4 is 12.6 Å². The van der Waals surface area contributed by atoms with E-state index in [0.717, 1.165) is 0 Å². The molecule has 0 unspecified atom stereocenters. The van der Waals surface area contributed by atoms with Gasteiger partial charge in [-0.1, -0.05) is 12.1 Å². The van der Waals surface area contributed by atoms with Crippen molar-refractivity contribution in [2.75, 3.05) is 7.11 Å². The fourth-order valence-electron chi connectivity index (χ4n) is 1.49. The second-order valence-electron chi connectivity index (χ2n) is 5.04. The van der Waals surface area contributed by atoms with Crippen LogP contribution in [0.15, 0.2) is 24.2 Å². The highest BCUT2D eigenvalue weighted by Gasteiger charge is 2.51. The highest BCUT2D eigenvalue weighted by Crippen LogP contribution is 2.36. The molecular weight excluding hydrogens is 215 g/mol. The van der Waals surface area contributed by atoms with Gasteiger partial charge in [-0.3, -0.25) is 0 Å². The number of ether oxygens (including phenoxy) is 1. The van der Waals surface area contributed by atoms with Crippen molar-refractivity contribution in [1.82, 2.24) is 0 Å². The molecule has 1 heterocycles. The molecule has 1 saturated heterocycles. The first kappa shape index (κ1) is 8.17. The maximum atomic E-state index is 8.07. The van der Waals surface area contributed by atoms with E-state index in [1.54, 1.807) is 0 Å². The largest absolute Gasteiger partial charge is 0.497 e. The molecule has 4 heteroatoms. The molecule has 0 bridgehead atoms. The van der Waals surface area contributed by atoms with E-state index in [2.05, 4.69) is 0 Å². The molecule has 2 rings (SSSR count). The molecule has 1 fully saturated rings. The fourth-order valence-corrected chi connectivity index (χ4v) is 1.49. The fraction of sp³-hybridized carbons (Fsp3) is 0.538. The standard InChI is InChI=1S/C13H19BO3/c1-12(2)13(3,4)17-14(16-12)10-6-8-11(15-5)9-7-10/h6-9H,1-5H3/i6D,7D,8D,9D. The molecule has 0 N–H and O–H groups in total. The van der Waals surface area contributed by atoms with Crippen LogP contribution in [0.5, 0.6) is 5.75 Å². The molecule has 0 saturated carbocycles. The zero-order valence-electron chi connectivity index (χ0n) is 14.8. The van der Waals surface area contributed by atoms with Crippen LogP contribution >= 0.6 is 0 Å². The quantitative estimate of drug-likeness (QED) is 0.737. The molecule has 1 aliphatic heterocycles. The Balaban J connectivity index is 2.57. The summed E-state index contributed by atoms with van der Waals surface area (Å²) in [6.45, 7) is 7.47. The summed E-state index contributed by atoms with van der Waals surface area (Å²) >= 11 is 0. The van der Waals surface area contributed by atoms with Gasteiger partial charge >= 0.3 is 7.12 Å². The van der Waals surface area contributed by atoms with E-state index in [1.165, 1.54) is 7.11 Å². The zero-order chi connectivity index (χ0) is 16.2. The number of hydrogen-bond acceptors (Lipinski definition) is 3. The molecule has 1 aliphatic rings. The second kappa shape index (κ2) is 4.04. The topological polar surface area (TPSA) is 27.7 Å². The summed E-state index contributed by atoms with van der Waals surface area (Å²) in [5, 5.41) is 0. The third-order valence-corrected chi connectivity index (χ3v) is 3.31. The van der Waals surface area contributed by atoms with Gasteiger partial charge in [0.1, 0.15) is 5.75 Å². The summed E-state index contributed by atoms with van der Waals surface area (Å²) in [7, 11) is 0.382. The number of hydrogen-bond donors (Lipinski definition) is 0. The lowest BCUT2D eigenvalue weighted by Gasteiger charge is -2.32. The van der Waals surface area contributed by atoms with Crippen molar-refractivity contribution in [2.45, 2.75) is 38.9 Å². The molecule has 0 aliphatic carbocycles. The minimum Gasteiger partial charge on any atom is -0.497 e. The van der Waals surface area contributed by atoms with E-state index < -0.39 is 18.3 Å².